The number of nitrogens with two attached hydrogens (primary N) is 2. The number of carbonyl (C=O) groups is 6. The lowest BCUT2D eigenvalue weighted by atomic mass is 9.83. The molecule has 0 atom stereocenters. The van der Waals surface area contributed by atoms with Gasteiger partial charge in [-0.1, -0.05) is 0 Å². The topological polar surface area (TPSA) is 203 Å². The lowest BCUT2D eigenvalue weighted by Crippen LogP contribution is -2.34. The molecule has 12 nitrogen and oxygen atoms in total. The summed E-state index contributed by atoms with van der Waals surface area (Å²) < 4.78 is 0. The number of hydrogen-bond acceptors (Lipinski definition) is 8. The van der Waals surface area contributed by atoms with E-state index >= 15 is 0 Å². The smallest absolute Gasteiger partial charge is 0.243 e. The molecular formula is C24H26N6O6. The van der Waals surface area contributed by atoms with Crippen molar-refractivity contribution in [2.45, 2.75) is 12.8 Å². The van der Waals surface area contributed by atoms with Crippen LogP contribution in [0.25, 0.3) is 0 Å². The van der Waals surface area contributed by atoms with E-state index in [1.807, 2.05) is 0 Å². The van der Waals surface area contributed by atoms with Crippen LogP contribution < -0.4 is 32.7 Å². The largest absolute Gasteiger partial charge is 0.347 e. The van der Waals surface area contributed by atoms with Crippen molar-refractivity contribution in [3.63, 3.8) is 0 Å². The van der Waals surface area contributed by atoms with Crippen LogP contribution in [0, 0.1) is 0 Å². The molecular weight excluding hydrogens is 468 g/mol. The number of benzene rings is 2. The predicted octanol–water partition coefficient (Wildman–Crippen LogP) is -0.731. The van der Waals surface area contributed by atoms with E-state index in [9.17, 15) is 28.8 Å². The Morgan fingerprint density at radius 1 is 0.583 bits per heavy atom. The maximum Gasteiger partial charge on any atom is 0.243 e. The molecule has 0 fully saturated rings. The molecule has 0 saturated heterocycles. The van der Waals surface area contributed by atoms with Crippen molar-refractivity contribution >= 4 is 46.6 Å². The molecule has 0 radical (unpaired) electrons. The first kappa shape index (κ1) is 26.2. The van der Waals surface area contributed by atoms with E-state index in [0.29, 0.717) is 0 Å². The first-order valence-electron chi connectivity index (χ1n) is 11.1. The Morgan fingerprint density at radius 2 is 0.972 bits per heavy atom. The van der Waals surface area contributed by atoms with Crippen LogP contribution in [0.5, 0.6) is 0 Å². The van der Waals surface area contributed by atoms with Crippen LogP contribution in [-0.4, -0.2) is 61.4 Å². The summed E-state index contributed by atoms with van der Waals surface area (Å²) in [5.74, 6) is -2.56. The number of rotatable bonds is 10. The van der Waals surface area contributed by atoms with Gasteiger partial charge in [-0.05, 0) is 36.4 Å². The molecule has 0 bridgehead atoms. The van der Waals surface area contributed by atoms with E-state index in [4.69, 9.17) is 11.5 Å². The van der Waals surface area contributed by atoms with Crippen molar-refractivity contribution < 1.29 is 28.8 Å². The van der Waals surface area contributed by atoms with Gasteiger partial charge in [0.15, 0.2) is 11.6 Å². The average Bonchev–Trinajstić information content (AvgIpc) is 2.85. The monoisotopic (exact) mass is 494 g/mol. The average molecular weight is 495 g/mol. The van der Waals surface area contributed by atoms with Gasteiger partial charge < -0.3 is 32.7 Å². The molecule has 12 heteroatoms. The Bertz CT molecular complexity index is 1150. The maximum atomic E-state index is 13.1. The second-order valence-electron chi connectivity index (χ2n) is 7.91. The Kier molecular flexibility index (Phi) is 8.60. The number of nitrogens with one attached hydrogen (secondary N) is 4. The number of carbonyl (C=O) groups excluding carboxylic acids is 6. The van der Waals surface area contributed by atoms with Gasteiger partial charge in [0.1, 0.15) is 0 Å². The van der Waals surface area contributed by atoms with Gasteiger partial charge in [-0.15, -0.1) is 0 Å². The third-order valence-corrected chi connectivity index (χ3v) is 5.22. The summed E-state index contributed by atoms with van der Waals surface area (Å²) in [4.78, 5) is 73.3. The number of anilines is 2. The zero-order valence-electron chi connectivity index (χ0n) is 19.3. The third-order valence-electron chi connectivity index (χ3n) is 5.22. The number of fused-ring (bicyclic) bond motifs is 2. The summed E-state index contributed by atoms with van der Waals surface area (Å²) >= 11 is 0. The van der Waals surface area contributed by atoms with E-state index < -0.39 is 23.4 Å². The Morgan fingerprint density at radius 3 is 1.33 bits per heavy atom. The van der Waals surface area contributed by atoms with Crippen LogP contribution in [0.15, 0.2) is 36.4 Å². The van der Waals surface area contributed by atoms with Crippen LogP contribution in [0.4, 0.5) is 11.4 Å². The van der Waals surface area contributed by atoms with Crippen molar-refractivity contribution in [2.75, 3.05) is 36.8 Å². The zero-order chi connectivity index (χ0) is 26.2. The fourth-order valence-corrected chi connectivity index (χ4v) is 3.51. The summed E-state index contributed by atoms with van der Waals surface area (Å²) in [5, 5.41) is 10.00. The highest BCUT2D eigenvalue weighted by atomic mass is 16.2. The lowest BCUT2D eigenvalue weighted by molar-refractivity contribution is -0.124. The van der Waals surface area contributed by atoms with Crippen LogP contribution in [0.2, 0.25) is 0 Å². The number of ketones is 2. The first-order chi connectivity index (χ1) is 17.2. The van der Waals surface area contributed by atoms with Crippen molar-refractivity contribution in [3.8, 4) is 0 Å². The Balaban J connectivity index is 1.70. The highest BCUT2D eigenvalue weighted by Crippen LogP contribution is 2.31. The van der Waals surface area contributed by atoms with Crippen LogP contribution in [0.3, 0.4) is 0 Å². The minimum atomic E-state index is -0.505. The standard InChI is InChI=1S/C24H26N6O6/c25-7-5-19(31)27-11-21(33)29-13-1-3-15-17(9-13)24(36)16-4-2-14(10-18(16)23(15)35)30-22(34)12-28-20(32)6-8-26/h1-4,9-10H,5-8,11-12,25-26H2,(H,27,31)(H,28,32)(H,29,33)(H,30,34). The van der Waals surface area contributed by atoms with Gasteiger partial charge in [0.05, 0.1) is 13.1 Å². The minimum absolute atomic E-state index is 0.0961. The minimum Gasteiger partial charge on any atom is -0.347 e. The van der Waals surface area contributed by atoms with E-state index in [2.05, 4.69) is 21.3 Å². The van der Waals surface area contributed by atoms with Crippen molar-refractivity contribution in [3.05, 3.63) is 58.7 Å². The Labute approximate surface area is 206 Å². The van der Waals surface area contributed by atoms with Gasteiger partial charge in [0.25, 0.3) is 0 Å². The summed E-state index contributed by atoms with van der Waals surface area (Å²) in [5.41, 5.74) is 11.7. The van der Waals surface area contributed by atoms with Gasteiger partial charge in [0, 0.05) is 59.6 Å². The molecule has 4 amide bonds. The van der Waals surface area contributed by atoms with Gasteiger partial charge in [-0.2, -0.15) is 0 Å². The third kappa shape index (κ3) is 6.37. The molecule has 1 aliphatic rings. The van der Waals surface area contributed by atoms with Gasteiger partial charge in [-0.3, -0.25) is 28.8 Å². The first-order valence-corrected chi connectivity index (χ1v) is 11.1. The van der Waals surface area contributed by atoms with E-state index in [0.717, 1.165) is 0 Å². The summed E-state index contributed by atoms with van der Waals surface area (Å²) in [6.07, 6.45) is 0.192. The van der Waals surface area contributed by atoms with E-state index in [1.54, 1.807) is 0 Å². The molecule has 0 saturated carbocycles. The van der Waals surface area contributed by atoms with Gasteiger partial charge in [-0.25, -0.2) is 0 Å². The van der Waals surface area contributed by atoms with Crippen molar-refractivity contribution in [1.82, 2.24) is 10.6 Å². The van der Waals surface area contributed by atoms with Crippen LogP contribution >= 0.6 is 0 Å². The molecule has 0 spiro atoms. The SMILES string of the molecule is NCCC(=O)NCC(=O)Nc1ccc2c(c1)C(=O)c1ccc(NC(=O)CNC(=O)CCN)cc1C2=O. The molecule has 0 heterocycles. The van der Waals surface area contributed by atoms with Gasteiger partial charge >= 0.3 is 0 Å². The molecule has 0 aliphatic heterocycles. The van der Waals surface area contributed by atoms with Crippen LogP contribution in [0.1, 0.15) is 44.7 Å². The number of amides is 4. The highest BCUT2D eigenvalue weighted by molar-refractivity contribution is 6.29. The summed E-state index contributed by atoms with van der Waals surface area (Å²) in [6.45, 7) is -0.206. The molecule has 188 valence electrons. The quantitative estimate of drug-likeness (QED) is 0.211. The second-order valence-corrected chi connectivity index (χ2v) is 7.91. The lowest BCUT2D eigenvalue weighted by Gasteiger charge is -2.19. The van der Waals surface area contributed by atoms with Gasteiger partial charge in [0.2, 0.25) is 23.6 Å². The fourth-order valence-electron chi connectivity index (χ4n) is 3.51. The van der Waals surface area contributed by atoms with Crippen molar-refractivity contribution in [1.29, 1.82) is 0 Å². The number of hydrogen-bond donors (Lipinski definition) is 6. The maximum absolute atomic E-state index is 13.1. The molecule has 2 aromatic carbocycles. The molecule has 8 N–H and O–H groups in total. The molecule has 2 aromatic rings. The summed E-state index contributed by atoms with van der Waals surface area (Å²) in [6, 6.07) is 8.61. The van der Waals surface area contributed by atoms with Crippen molar-refractivity contribution in [2.24, 2.45) is 11.5 Å². The highest BCUT2D eigenvalue weighted by Gasteiger charge is 2.30. The van der Waals surface area contributed by atoms with Crippen LogP contribution in [-0.2, 0) is 19.2 Å². The fraction of sp³-hybridized carbons (Fsp3) is 0.250. The molecule has 0 unspecified atom stereocenters. The second kappa shape index (κ2) is 11.8. The van der Waals surface area contributed by atoms with E-state index in [1.165, 1.54) is 36.4 Å². The molecule has 0 aromatic heterocycles. The Hall–Kier alpha value is -4.42. The normalized spacial score (nSPS) is 11.7. The zero-order valence-corrected chi connectivity index (χ0v) is 19.3. The molecule has 36 heavy (non-hydrogen) atoms. The predicted molar refractivity (Wildman–Crippen MR) is 130 cm³/mol. The molecule has 1 aliphatic carbocycles. The molecule has 3 rings (SSSR count). The van der Waals surface area contributed by atoms with E-state index in [-0.39, 0.29) is 84.5 Å². The summed E-state index contributed by atoms with van der Waals surface area (Å²) in [7, 11) is 0.